The van der Waals surface area contributed by atoms with E-state index in [0.717, 1.165) is 18.2 Å². The first-order valence-electron chi connectivity index (χ1n) is 8.28. The van der Waals surface area contributed by atoms with Crippen LogP contribution in [0.4, 0.5) is 17.5 Å². The molecule has 1 atom stereocenters. The molecular weight excluding hydrogens is 272 g/mol. The smallest absolute Gasteiger partial charge is 0.224 e. The first kappa shape index (κ1) is 13.6. The Labute approximate surface area is 131 Å². The van der Waals surface area contributed by atoms with Crippen molar-refractivity contribution >= 4 is 17.5 Å². The lowest BCUT2D eigenvalue weighted by Gasteiger charge is -2.24. The Kier molecular flexibility index (Phi) is 3.45. The molecule has 0 bridgehead atoms. The molecule has 0 radical (unpaired) electrons. The van der Waals surface area contributed by atoms with E-state index >= 15 is 0 Å². The molecular formula is C18H22N4. The lowest BCUT2D eigenvalue weighted by atomic mass is 10.1. The predicted octanol–water partition coefficient (Wildman–Crippen LogP) is 3.91. The van der Waals surface area contributed by atoms with E-state index in [0.29, 0.717) is 12.1 Å². The SMILES string of the molecule is CC1Cc2ccccc2N1c1ccnc(NC2CCCC2)n1. The van der Waals surface area contributed by atoms with Gasteiger partial charge in [-0.2, -0.15) is 4.98 Å². The number of nitrogens with one attached hydrogen (secondary N) is 1. The number of benzene rings is 1. The average molecular weight is 294 g/mol. The first-order chi connectivity index (χ1) is 10.8. The maximum atomic E-state index is 4.77. The Balaban J connectivity index is 1.62. The van der Waals surface area contributed by atoms with E-state index in [9.17, 15) is 0 Å². The number of hydrogen-bond acceptors (Lipinski definition) is 4. The summed E-state index contributed by atoms with van der Waals surface area (Å²) in [5.41, 5.74) is 2.68. The normalized spacial score (nSPS) is 21.1. The van der Waals surface area contributed by atoms with Gasteiger partial charge in [-0.05, 0) is 43.9 Å². The lowest BCUT2D eigenvalue weighted by molar-refractivity contribution is 0.733. The lowest BCUT2D eigenvalue weighted by Crippen LogP contribution is -2.25. The van der Waals surface area contributed by atoms with Crippen molar-refractivity contribution < 1.29 is 0 Å². The van der Waals surface area contributed by atoms with E-state index in [1.807, 2.05) is 12.3 Å². The summed E-state index contributed by atoms with van der Waals surface area (Å²) in [6.45, 7) is 2.26. The monoisotopic (exact) mass is 294 g/mol. The number of nitrogens with zero attached hydrogens (tertiary/aromatic N) is 3. The van der Waals surface area contributed by atoms with Crippen LogP contribution in [0.25, 0.3) is 0 Å². The molecule has 1 aliphatic heterocycles. The third kappa shape index (κ3) is 2.43. The summed E-state index contributed by atoms with van der Waals surface area (Å²) in [4.78, 5) is 11.5. The minimum Gasteiger partial charge on any atom is -0.351 e. The van der Waals surface area contributed by atoms with Crippen molar-refractivity contribution in [3.63, 3.8) is 0 Å². The minimum atomic E-state index is 0.437. The van der Waals surface area contributed by atoms with Crippen LogP contribution in [0.15, 0.2) is 36.5 Å². The van der Waals surface area contributed by atoms with Gasteiger partial charge in [0.1, 0.15) is 5.82 Å². The Bertz CT molecular complexity index is 664. The third-order valence-electron chi connectivity index (χ3n) is 4.78. The summed E-state index contributed by atoms with van der Waals surface area (Å²) in [5, 5.41) is 3.49. The fourth-order valence-corrected chi connectivity index (χ4v) is 3.72. The molecule has 4 rings (SSSR count). The van der Waals surface area contributed by atoms with Crippen molar-refractivity contribution in [3.05, 3.63) is 42.1 Å². The van der Waals surface area contributed by atoms with Crippen LogP contribution in [0.5, 0.6) is 0 Å². The molecule has 2 aliphatic rings. The summed E-state index contributed by atoms with van der Waals surface area (Å²) >= 11 is 0. The maximum absolute atomic E-state index is 4.77. The molecule has 1 aliphatic carbocycles. The summed E-state index contributed by atoms with van der Waals surface area (Å²) in [7, 11) is 0. The number of aromatic nitrogens is 2. The van der Waals surface area contributed by atoms with Gasteiger partial charge in [-0.15, -0.1) is 0 Å². The quantitative estimate of drug-likeness (QED) is 0.931. The molecule has 4 nitrogen and oxygen atoms in total. The molecule has 2 heterocycles. The van der Waals surface area contributed by atoms with Crippen LogP contribution in [0.2, 0.25) is 0 Å². The average Bonchev–Trinajstić information content (AvgIpc) is 3.14. The summed E-state index contributed by atoms with van der Waals surface area (Å²) in [6, 6.07) is 11.6. The highest BCUT2D eigenvalue weighted by atomic mass is 15.3. The van der Waals surface area contributed by atoms with Crippen LogP contribution in [0.3, 0.4) is 0 Å². The van der Waals surface area contributed by atoms with Gasteiger partial charge in [0.05, 0.1) is 0 Å². The Morgan fingerprint density at radius 2 is 1.95 bits per heavy atom. The fraction of sp³-hybridized carbons (Fsp3) is 0.444. The van der Waals surface area contributed by atoms with E-state index in [1.54, 1.807) is 0 Å². The van der Waals surface area contributed by atoms with Crippen LogP contribution < -0.4 is 10.2 Å². The van der Waals surface area contributed by atoms with Gasteiger partial charge in [0.25, 0.3) is 0 Å². The van der Waals surface area contributed by atoms with E-state index < -0.39 is 0 Å². The van der Waals surface area contributed by atoms with Crippen molar-refractivity contribution in [2.75, 3.05) is 10.2 Å². The molecule has 1 unspecified atom stereocenters. The molecule has 2 aromatic rings. The van der Waals surface area contributed by atoms with Crippen LogP contribution in [-0.2, 0) is 6.42 Å². The first-order valence-corrected chi connectivity index (χ1v) is 8.28. The van der Waals surface area contributed by atoms with Crippen molar-refractivity contribution in [1.29, 1.82) is 0 Å². The summed E-state index contributed by atoms with van der Waals surface area (Å²) in [6.07, 6.45) is 8.04. The Morgan fingerprint density at radius 3 is 2.82 bits per heavy atom. The molecule has 114 valence electrons. The fourth-order valence-electron chi connectivity index (χ4n) is 3.72. The van der Waals surface area contributed by atoms with E-state index in [-0.39, 0.29) is 0 Å². The molecule has 1 N–H and O–H groups in total. The molecule has 0 saturated heterocycles. The molecule has 0 spiro atoms. The highest BCUT2D eigenvalue weighted by Crippen LogP contribution is 2.37. The molecule has 22 heavy (non-hydrogen) atoms. The maximum Gasteiger partial charge on any atom is 0.224 e. The van der Waals surface area contributed by atoms with Gasteiger partial charge in [0, 0.05) is 24.0 Å². The van der Waals surface area contributed by atoms with Crippen LogP contribution >= 0.6 is 0 Å². The van der Waals surface area contributed by atoms with Gasteiger partial charge in [0.2, 0.25) is 5.95 Å². The molecule has 1 saturated carbocycles. The van der Waals surface area contributed by atoms with Crippen LogP contribution in [0.1, 0.15) is 38.2 Å². The summed E-state index contributed by atoms with van der Waals surface area (Å²) < 4.78 is 0. The second-order valence-electron chi connectivity index (χ2n) is 6.42. The van der Waals surface area contributed by atoms with E-state index in [4.69, 9.17) is 4.98 Å². The largest absolute Gasteiger partial charge is 0.351 e. The molecule has 1 aromatic heterocycles. The zero-order chi connectivity index (χ0) is 14.9. The second-order valence-corrected chi connectivity index (χ2v) is 6.42. The molecule has 1 fully saturated rings. The van der Waals surface area contributed by atoms with Gasteiger partial charge in [-0.25, -0.2) is 4.98 Å². The van der Waals surface area contributed by atoms with Crippen LogP contribution in [0, 0.1) is 0 Å². The minimum absolute atomic E-state index is 0.437. The Morgan fingerprint density at radius 1 is 1.14 bits per heavy atom. The zero-order valence-corrected chi connectivity index (χ0v) is 13.0. The zero-order valence-electron chi connectivity index (χ0n) is 13.0. The molecule has 1 aromatic carbocycles. The van der Waals surface area contributed by atoms with Gasteiger partial charge < -0.3 is 10.2 Å². The van der Waals surface area contributed by atoms with Crippen LogP contribution in [-0.4, -0.2) is 22.1 Å². The standard InChI is InChI=1S/C18H22N4/c1-13-12-14-6-2-5-9-16(14)22(13)17-10-11-19-18(21-17)20-15-7-3-4-8-15/h2,5-6,9-11,13,15H,3-4,7-8,12H2,1H3,(H,19,20,21). The molecule has 4 heteroatoms. The predicted molar refractivity (Wildman–Crippen MR) is 89.7 cm³/mol. The number of hydrogen-bond donors (Lipinski definition) is 1. The second kappa shape index (κ2) is 5.59. The van der Waals surface area contributed by atoms with E-state index in [2.05, 4.69) is 46.4 Å². The molecule has 0 amide bonds. The van der Waals surface area contributed by atoms with Crippen molar-refractivity contribution in [2.45, 2.75) is 51.1 Å². The third-order valence-corrected chi connectivity index (χ3v) is 4.78. The van der Waals surface area contributed by atoms with Gasteiger partial charge in [-0.3, -0.25) is 0 Å². The number of anilines is 3. The Hall–Kier alpha value is -2.10. The van der Waals surface area contributed by atoms with Crippen molar-refractivity contribution in [2.24, 2.45) is 0 Å². The highest BCUT2D eigenvalue weighted by Gasteiger charge is 2.28. The van der Waals surface area contributed by atoms with Gasteiger partial charge >= 0.3 is 0 Å². The topological polar surface area (TPSA) is 41.1 Å². The van der Waals surface area contributed by atoms with Gasteiger partial charge in [-0.1, -0.05) is 31.0 Å². The van der Waals surface area contributed by atoms with Crippen molar-refractivity contribution in [3.8, 4) is 0 Å². The van der Waals surface area contributed by atoms with Gasteiger partial charge in [0.15, 0.2) is 0 Å². The number of para-hydroxylation sites is 1. The number of rotatable bonds is 3. The summed E-state index contributed by atoms with van der Waals surface area (Å²) in [5.74, 6) is 1.76. The van der Waals surface area contributed by atoms with Crippen molar-refractivity contribution in [1.82, 2.24) is 9.97 Å². The van der Waals surface area contributed by atoms with E-state index in [1.165, 1.54) is 36.9 Å². The number of fused-ring (bicyclic) bond motifs is 1. The highest BCUT2D eigenvalue weighted by molar-refractivity contribution is 5.69.